The van der Waals surface area contributed by atoms with E-state index in [0.29, 0.717) is 23.5 Å². The van der Waals surface area contributed by atoms with Gasteiger partial charge in [-0.2, -0.15) is 0 Å². The summed E-state index contributed by atoms with van der Waals surface area (Å²) in [6, 6.07) is 8.05. The first-order valence-corrected chi connectivity index (χ1v) is 7.76. The molecule has 0 bridgehead atoms. The summed E-state index contributed by atoms with van der Waals surface area (Å²) in [6.07, 6.45) is 1.80. The Kier molecular flexibility index (Phi) is 5.27. The van der Waals surface area contributed by atoms with Gasteiger partial charge in [-0.25, -0.2) is 4.68 Å². The molecule has 1 aromatic heterocycles. The van der Waals surface area contributed by atoms with Gasteiger partial charge in [-0.1, -0.05) is 43.8 Å². The summed E-state index contributed by atoms with van der Waals surface area (Å²) < 4.78 is 7.15. The van der Waals surface area contributed by atoms with Gasteiger partial charge in [0.25, 0.3) is 0 Å². The van der Waals surface area contributed by atoms with Crippen molar-refractivity contribution in [2.24, 2.45) is 0 Å². The van der Waals surface area contributed by atoms with Crippen LogP contribution in [0.5, 0.6) is 5.75 Å². The smallest absolute Gasteiger partial charge is 0.210 e. The molecule has 2 rings (SSSR count). The van der Waals surface area contributed by atoms with E-state index in [-0.39, 0.29) is 0 Å². The zero-order chi connectivity index (χ0) is 15.2. The Morgan fingerprint density at radius 3 is 2.67 bits per heavy atom. The van der Waals surface area contributed by atoms with Gasteiger partial charge in [0.2, 0.25) is 5.16 Å². The number of nitrogen functional groups attached to an aromatic ring is 1. The van der Waals surface area contributed by atoms with Gasteiger partial charge in [-0.3, -0.25) is 0 Å². The highest BCUT2D eigenvalue weighted by Gasteiger charge is 2.10. The van der Waals surface area contributed by atoms with Crippen molar-refractivity contribution in [3.8, 4) is 5.75 Å². The van der Waals surface area contributed by atoms with Crippen molar-refractivity contribution in [1.82, 2.24) is 14.9 Å². The van der Waals surface area contributed by atoms with Gasteiger partial charge in [-0.05, 0) is 23.6 Å². The topological polar surface area (TPSA) is 66.0 Å². The number of aromatic nitrogens is 3. The Hall–Kier alpha value is -1.95. The van der Waals surface area contributed by atoms with Crippen LogP contribution in [-0.2, 0) is 6.61 Å². The molecule has 1 aromatic carbocycles. The van der Waals surface area contributed by atoms with Crippen LogP contribution in [0.4, 0.5) is 0 Å². The van der Waals surface area contributed by atoms with Gasteiger partial charge in [0, 0.05) is 5.75 Å². The van der Waals surface area contributed by atoms with Crippen molar-refractivity contribution in [2.75, 3.05) is 11.6 Å². The van der Waals surface area contributed by atoms with E-state index in [1.165, 1.54) is 22.0 Å². The molecule has 0 saturated heterocycles. The minimum atomic E-state index is 0.291. The van der Waals surface area contributed by atoms with Gasteiger partial charge in [-0.15, -0.1) is 16.8 Å². The summed E-state index contributed by atoms with van der Waals surface area (Å²) in [6.45, 7) is 8.28. The maximum absolute atomic E-state index is 5.93. The Labute approximate surface area is 129 Å². The molecule has 2 N–H and O–H groups in total. The maximum Gasteiger partial charge on any atom is 0.210 e. The number of hydrogen-bond donors (Lipinski definition) is 1. The number of rotatable bonds is 7. The molecule has 2 aromatic rings. The third-order valence-electron chi connectivity index (χ3n) is 2.98. The molecule has 0 radical (unpaired) electrons. The lowest BCUT2D eigenvalue weighted by Crippen LogP contribution is -2.15. The molecule has 0 aliphatic heterocycles. The molecule has 5 nitrogen and oxygen atoms in total. The predicted molar refractivity (Wildman–Crippen MR) is 86.0 cm³/mol. The molecule has 0 aliphatic rings. The molecule has 0 unspecified atom stereocenters. The van der Waals surface area contributed by atoms with E-state index in [1.807, 2.05) is 12.1 Å². The Balaban J connectivity index is 1.96. The average molecular weight is 304 g/mol. The van der Waals surface area contributed by atoms with Crippen LogP contribution in [0.1, 0.15) is 31.2 Å². The van der Waals surface area contributed by atoms with Crippen LogP contribution in [0, 0.1) is 0 Å². The van der Waals surface area contributed by atoms with E-state index in [2.05, 4.69) is 42.8 Å². The van der Waals surface area contributed by atoms with E-state index >= 15 is 0 Å². The second-order valence-electron chi connectivity index (χ2n) is 4.88. The zero-order valence-electron chi connectivity index (χ0n) is 12.3. The molecule has 0 atom stereocenters. The quantitative estimate of drug-likeness (QED) is 0.484. The Morgan fingerprint density at radius 1 is 1.33 bits per heavy atom. The molecular formula is C15H20N4OS. The number of nitrogens with zero attached hydrogens (tertiary/aromatic N) is 3. The molecular weight excluding hydrogens is 284 g/mol. The average Bonchev–Trinajstić information content (AvgIpc) is 2.84. The van der Waals surface area contributed by atoms with E-state index < -0.39 is 0 Å². The number of nitrogens with two attached hydrogens (primary N) is 1. The predicted octanol–water partition coefficient (Wildman–Crippen LogP) is 2.97. The third kappa shape index (κ3) is 4.01. The Bertz CT molecular complexity index is 592. The first-order chi connectivity index (χ1) is 10.1. The van der Waals surface area contributed by atoms with Gasteiger partial charge >= 0.3 is 0 Å². The van der Waals surface area contributed by atoms with Crippen molar-refractivity contribution in [2.45, 2.75) is 31.5 Å². The Morgan fingerprint density at radius 2 is 2.05 bits per heavy atom. The highest BCUT2D eigenvalue weighted by Crippen LogP contribution is 2.20. The summed E-state index contributed by atoms with van der Waals surface area (Å²) in [5, 5.41) is 8.72. The van der Waals surface area contributed by atoms with E-state index in [9.17, 15) is 0 Å². The molecule has 0 saturated carbocycles. The second-order valence-corrected chi connectivity index (χ2v) is 5.87. The first-order valence-electron chi connectivity index (χ1n) is 6.77. The lowest BCUT2D eigenvalue weighted by atomic mass is 10.0. The standard InChI is InChI=1S/C15H20N4OS/c1-4-9-21-15-18-17-14(19(15)16)10-20-13-7-5-12(6-8-13)11(2)3/h4-8,11H,1,9-10,16H2,2-3H3. The summed E-state index contributed by atoms with van der Waals surface area (Å²) in [5.74, 6) is 8.57. The fraction of sp³-hybridized carbons (Fsp3) is 0.333. The number of ether oxygens (including phenoxy) is 1. The molecule has 21 heavy (non-hydrogen) atoms. The normalized spacial score (nSPS) is 10.8. The molecule has 0 spiro atoms. The van der Waals surface area contributed by atoms with Crippen molar-refractivity contribution >= 4 is 11.8 Å². The van der Waals surface area contributed by atoms with Crippen LogP contribution in [0.15, 0.2) is 42.1 Å². The first kappa shape index (κ1) is 15.4. The largest absolute Gasteiger partial charge is 0.486 e. The molecule has 1 heterocycles. The van der Waals surface area contributed by atoms with Crippen LogP contribution >= 0.6 is 11.8 Å². The van der Waals surface area contributed by atoms with Crippen LogP contribution < -0.4 is 10.6 Å². The lowest BCUT2D eigenvalue weighted by Gasteiger charge is -2.08. The van der Waals surface area contributed by atoms with Crippen molar-refractivity contribution in [3.63, 3.8) is 0 Å². The number of hydrogen-bond acceptors (Lipinski definition) is 5. The SMILES string of the molecule is C=CCSc1nnc(COc2ccc(C(C)C)cc2)n1N. The fourth-order valence-electron chi connectivity index (χ4n) is 1.73. The van der Waals surface area contributed by atoms with Gasteiger partial charge in [0.05, 0.1) is 0 Å². The third-order valence-corrected chi connectivity index (χ3v) is 3.92. The summed E-state index contributed by atoms with van der Waals surface area (Å²) in [4.78, 5) is 0. The molecule has 0 amide bonds. The van der Waals surface area contributed by atoms with Crippen molar-refractivity contribution < 1.29 is 4.74 Å². The number of benzene rings is 1. The lowest BCUT2D eigenvalue weighted by molar-refractivity contribution is 0.291. The van der Waals surface area contributed by atoms with E-state index in [0.717, 1.165) is 11.5 Å². The summed E-state index contributed by atoms with van der Waals surface area (Å²) in [5.41, 5.74) is 1.28. The monoisotopic (exact) mass is 304 g/mol. The van der Waals surface area contributed by atoms with Crippen molar-refractivity contribution in [1.29, 1.82) is 0 Å². The minimum Gasteiger partial charge on any atom is -0.486 e. The van der Waals surface area contributed by atoms with Gasteiger partial charge < -0.3 is 10.6 Å². The van der Waals surface area contributed by atoms with Crippen LogP contribution in [0.2, 0.25) is 0 Å². The molecule has 112 valence electrons. The minimum absolute atomic E-state index is 0.291. The van der Waals surface area contributed by atoms with Crippen molar-refractivity contribution in [3.05, 3.63) is 48.3 Å². The highest BCUT2D eigenvalue weighted by molar-refractivity contribution is 7.99. The second kappa shape index (κ2) is 7.17. The number of thioether (sulfide) groups is 1. The highest BCUT2D eigenvalue weighted by atomic mass is 32.2. The van der Waals surface area contributed by atoms with Crippen LogP contribution in [0.25, 0.3) is 0 Å². The van der Waals surface area contributed by atoms with E-state index in [4.69, 9.17) is 10.6 Å². The van der Waals surface area contributed by atoms with Gasteiger partial charge in [0.15, 0.2) is 5.82 Å². The van der Waals surface area contributed by atoms with Gasteiger partial charge in [0.1, 0.15) is 12.4 Å². The van der Waals surface area contributed by atoms with Crippen LogP contribution in [0.3, 0.4) is 0 Å². The van der Waals surface area contributed by atoms with Crippen LogP contribution in [-0.4, -0.2) is 20.6 Å². The zero-order valence-corrected chi connectivity index (χ0v) is 13.1. The molecule has 6 heteroatoms. The summed E-state index contributed by atoms with van der Waals surface area (Å²) in [7, 11) is 0. The molecule has 0 fully saturated rings. The maximum atomic E-state index is 5.93. The summed E-state index contributed by atoms with van der Waals surface area (Å²) >= 11 is 1.49. The van der Waals surface area contributed by atoms with E-state index in [1.54, 1.807) is 6.08 Å². The fourth-order valence-corrected chi connectivity index (χ4v) is 2.34. The molecule has 0 aliphatic carbocycles.